The molecule has 14 nitrogen and oxygen atoms in total. The maximum absolute atomic E-state index is 14.8. The van der Waals surface area contributed by atoms with E-state index in [1.807, 2.05) is 72.4 Å². The molecule has 0 radical (unpaired) electrons. The summed E-state index contributed by atoms with van der Waals surface area (Å²) in [6.45, 7) is 0.529. The number of rotatable bonds is 13. The van der Waals surface area contributed by atoms with E-state index in [1.54, 1.807) is 36.0 Å². The maximum Gasteiger partial charge on any atom is 0.407 e. The number of amides is 2. The quantitative estimate of drug-likeness (QED) is 0.0929. The van der Waals surface area contributed by atoms with Gasteiger partial charge >= 0.3 is 12.2 Å². The van der Waals surface area contributed by atoms with Crippen molar-refractivity contribution in [2.24, 2.45) is 0 Å². The molecule has 4 bridgehead atoms. The van der Waals surface area contributed by atoms with Gasteiger partial charge in [0.25, 0.3) is 0 Å². The highest BCUT2D eigenvalue weighted by molar-refractivity contribution is 8.01. The Kier molecular flexibility index (Phi) is 16.0. The van der Waals surface area contributed by atoms with E-state index in [0.717, 1.165) is 92.7 Å². The molecule has 8 heterocycles. The van der Waals surface area contributed by atoms with Crippen molar-refractivity contribution in [1.29, 1.82) is 0 Å². The molecular formula is C52H56F2N6O8S2. The fourth-order valence-corrected chi connectivity index (χ4v) is 12.8. The van der Waals surface area contributed by atoms with Crippen LogP contribution in [0.4, 0.5) is 18.4 Å². The first-order chi connectivity index (χ1) is 33.9. The van der Waals surface area contributed by atoms with Crippen molar-refractivity contribution in [3.8, 4) is 11.8 Å². The fraction of sp³-hybridized carbons (Fsp3) is 0.404. The predicted molar refractivity (Wildman–Crippen MR) is 265 cm³/mol. The first-order valence-corrected chi connectivity index (χ1v) is 25.2. The molecule has 2 aromatic carbocycles. The molecule has 18 heteroatoms. The van der Waals surface area contributed by atoms with Gasteiger partial charge in [-0.05, 0) is 81.0 Å². The molecule has 12 rings (SSSR count). The zero-order chi connectivity index (χ0) is 49.2. The van der Waals surface area contributed by atoms with Crippen LogP contribution in [-0.4, -0.2) is 89.8 Å². The molecule has 2 amide bonds. The molecule has 2 aliphatic carbocycles. The Morgan fingerprint density at radius 2 is 1.20 bits per heavy atom. The predicted octanol–water partition coefficient (Wildman–Crippen LogP) is 10.0. The zero-order valence-corrected chi connectivity index (χ0v) is 40.7. The van der Waals surface area contributed by atoms with Gasteiger partial charge in [0.1, 0.15) is 36.7 Å². The summed E-state index contributed by atoms with van der Waals surface area (Å²) >= 11 is 3.58. The Morgan fingerprint density at radius 3 is 1.71 bits per heavy atom. The number of carbonyl (C=O) groups is 3. The molecule has 4 saturated heterocycles. The number of carbonyl (C=O) groups excluding carboxylic acids is 3. The number of nitrogens with one attached hydrogen (secondary N) is 2. The van der Waals surface area contributed by atoms with Crippen molar-refractivity contribution < 1.29 is 47.2 Å². The van der Waals surface area contributed by atoms with Gasteiger partial charge in [0.15, 0.2) is 0 Å². The summed E-state index contributed by atoms with van der Waals surface area (Å²) in [6, 6.07) is 27.4. The smallest absolute Gasteiger partial charge is 0.407 e. The number of fused-ring (bicyclic) bond motifs is 8. The molecule has 6 fully saturated rings. The highest BCUT2D eigenvalue weighted by atomic mass is 32.2. The molecule has 70 heavy (non-hydrogen) atoms. The Balaban J connectivity index is 0.000000159. The first-order valence-electron chi connectivity index (χ1n) is 23.2. The van der Waals surface area contributed by atoms with Crippen LogP contribution < -0.4 is 20.1 Å². The number of hydrogen-bond donors (Lipinski definition) is 3. The van der Waals surface area contributed by atoms with Gasteiger partial charge < -0.3 is 39.5 Å². The van der Waals surface area contributed by atoms with Gasteiger partial charge in [-0.3, -0.25) is 9.97 Å². The average molecular weight is 995 g/mol. The van der Waals surface area contributed by atoms with Crippen molar-refractivity contribution >= 4 is 64.1 Å². The number of alkyl carbamates (subject to hydrolysis) is 2. The van der Waals surface area contributed by atoms with Crippen molar-refractivity contribution in [1.82, 2.24) is 30.6 Å². The van der Waals surface area contributed by atoms with E-state index in [0.29, 0.717) is 53.3 Å². The second-order valence-corrected chi connectivity index (χ2v) is 21.1. The summed E-state index contributed by atoms with van der Waals surface area (Å²) in [6.07, 6.45) is 9.68. The van der Waals surface area contributed by atoms with Crippen molar-refractivity contribution in [3.05, 3.63) is 132 Å². The summed E-state index contributed by atoms with van der Waals surface area (Å²) in [4.78, 5) is 51.7. The number of pyridine rings is 4. The molecule has 2 saturated carbocycles. The fourth-order valence-electron chi connectivity index (χ4n) is 9.49. The summed E-state index contributed by atoms with van der Waals surface area (Å²) in [5.74, 6) is 1.44. The van der Waals surface area contributed by atoms with E-state index in [1.165, 1.54) is 20.3 Å². The van der Waals surface area contributed by atoms with Crippen LogP contribution in [0.1, 0.15) is 87.0 Å². The molecule has 1 unspecified atom stereocenters. The number of aromatic nitrogens is 4. The van der Waals surface area contributed by atoms with Gasteiger partial charge in [-0.15, -0.1) is 0 Å². The van der Waals surface area contributed by atoms with Crippen molar-refractivity contribution in [2.75, 3.05) is 25.7 Å². The topological polar surface area (TPSA) is 184 Å². The van der Waals surface area contributed by atoms with Crippen LogP contribution in [0.3, 0.4) is 0 Å². The first kappa shape index (κ1) is 50.3. The van der Waals surface area contributed by atoms with Gasteiger partial charge in [0.2, 0.25) is 11.8 Å². The van der Waals surface area contributed by atoms with E-state index in [-0.39, 0.29) is 38.8 Å². The number of ether oxygens (including phenoxy) is 4. The second kappa shape index (κ2) is 22.3. The van der Waals surface area contributed by atoms with E-state index in [9.17, 15) is 28.3 Å². The van der Waals surface area contributed by atoms with Crippen molar-refractivity contribution in [3.63, 3.8) is 0 Å². The molecule has 0 spiro atoms. The largest absolute Gasteiger partial charge is 0.481 e. The zero-order valence-electron chi connectivity index (χ0n) is 39.0. The minimum absolute atomic E-state index is 0.124. The molecule has 4 aliphatic heterocycles. The lowest BCUT2D eigenvalue weighted by molar-refractivity contribution is -0.108. The number of methoxy groups -OCH3 is 2. The molecule has 3 N–H and O–H groups in total. The molecule has 4 aromatic heterocycles. The molecule has 1 atom stereocenters. The van der Waals surface area contributed by atoms with Crippen molar-refractivity contribution in [2.45, 2.75) is 104 Å². The molecule has 6 aromatic rings. The number of halogens is 2. The van der Waals surface area contributed by atoms with Gasteiger partial charge in [-0.25, -0.2) is 28.3 Å². The SMILES string of the molecule is COc1ccc2ncc(F)c(C(O)CC34CCC(NC(=O)OCc5ccccc5)(CC3)CS4)c2n1.COc1ccc2ncc(F)cc2n1.O=CCC12CCC(NC(=O)OCc3ccccc3)(CC1)CS2. The van der Waals surface area contributed by atoms with E-state index in [2.05, 4.69) is 30.6 Å². The Morgan fingerprint density at radius 1 is 0.686 bits per heavy atom. The Labute approximate surface area is 413 Å². The van der Waals surface area contributed by atoms with E-state index < -0.39 is 23.8 Å². The van der Waals surface area contributed by atoms with Crippen LogP contribution in [0.15, 0.2) is 103 Å². The lowest BCUT2D eigenvalue weighted by atomic mass is 9.73. The second-order valence-electron chi connectivity index (χ2n) is 18.3. The summed E-state index contributed by atoms with van der Waals surface area (Å²) in [7, 11) is 3.01. The van der Waals surface area contributed by atoms with Crippen LogP contribution in [0.25, 0.3) is 22.1 Å². The Bertz CT molecular complexity index is 2730. The highest BCUT2D eigenvalue weighted by Gasteiger charge is 2.52. The lowest BCUT2D eigenvalue weighted by Gasteiger charge is -2.53. The van der Waals surface area contributed by atoms with Crippen LogP contribution in [0.2, 0.25) is 0 Å². The number of benzene rings is 2. The van der Waals surface area contributed by atoms with E-state index >= 15 is 0 Å². The number of hydrogen-bond acceptors (Lipinski definition) is 14. The number of aliphatic hydroxyl groups is 1. The third-order valence-corrected chi connectivity index (χ3v) is 17.4. The minimum atomic E-state index is -1.03. The monoisotopic (exact) mass is 994 g/mol. The van der Waals surface area contributed by atoms with Crippen LogP contribution in [0, 0.1) is 11.6 Å². The third kappa shape index (κ3) is 12.2. The van der Waals surface area contributed by atoms with Gasteiger partial charge in [-0.2, -0.15) is 23.5 Å². The van der Waals surface area contributed by atoms with Crippen LogP contribution in [-0.2, 0) is 27.5 Å². The van der Waals surface area contributed by atoms with Crippen LogP contribution >= 0.6 is 23.5 Å². The average Bonchev–Trinajstić information content (AvgIpc) is 3.39. The standard InChI is InChI=1S/C26H28FN3O4S.C17H21NO3S.C9H7FN2O/c1-33-21-8-7-19-23(29-21)22(18(27)14-28-19)20(31)13-26-11-9-25(10-12-26,16-35-26)30-24(32)34-15-17-5-3-2-4-6-17;19-11-10-17-8-6-16(7-9-17,13-22-17)18-15(20)21-12-14-4-2-1-3-5-14;1-13-9-3-2-7-8(12-9)4-6(10)5-11-7/h2-8,14,20,31H,9-13,15-16H2,1H3,(H,30,32);1-5,11H,6-10,12-13H2,(H,18,20);2-5H,1H3. The summed E-state index contributed by atoms with van der Waals surface area (Å²) < 4.78 is 48.3. The molecule has 6 aliphatic rings. The Hall–Kier alpha value is -6.11. The maximum atomic E-state index is 14.8. The highest BCUT2D eigenvalue weighted by Crippen LogP contribution is 2.55. The third-order valence-electron chi connectivity index (χ3n) is 13.6. The van der Waals surface area contributed by atoms with Gasteiger partial charge in [-0.1, -0.05) is 60.7 Å². The van der Waals surface area contributed by atoms with Crippen LogP contribution in [0.5, 0.6) is 11.8 Å². The lowest BCUT2D eigenvalue weighted by Crippen LogP contribution is -2.59. The number of aliphatic hydroxyl groups excluding tert-OH is 1. The molecule has 368 valence electrons. The minimum Gasteiger partial charge on any atom is -0.481 e. The number of aldehydes is 1. The normalized spacial score (nSPS) is 23.4. The van der Waals surface area contributed by atoms with E-state index in [4.69, 9.17) is 18.9 Å². The number of thioether (sulfide) groups is 2. The summed E-state index contributed by atoms with van der Waals surface area (Å²) in [5, 5.41) is 17.3. The summed E-state index contributed by atoms with van der Waals surface area (Å²) in [5.41, 5.74) is 3.62. The van der Waals surface area contributed by atoms with Gasteiger partial charge in [0.05, 0.1) is 60.3 Å². The van der Waals surface area contributed by atoms with Gasteiger partial charge in [0, 0.05) is 51.2 Å². The number of nitrogens with zero attached hydrogens (tertiary/aromatic N) is 4. The molecular weight excluding hydrogens is 939 g/mol.